The smallest absolute Gasteiger partial charge is 0.311 e. The molecule has 0 aliphatic rings. The van der Waals surface area contributed by atoms with Crippen LogP contribution in [0.4, 0.5) is 0 Å². The normalized spacial score (nSPS) is 10.2. The molecule has 0 unspecified atom stereocenters. The van der Waals surface area contributed by atoms with E-state index in [9.17, 15) is 4.79 Å². The molecule has 0 fully saturated rings. The van der Waals surface area contributed by atoms with Crippen LogP contribution >= 0.6 is 11.3 Å². The van der Waals surface area contributed by atoms with E-state index in [0.29, 0.717) is 23.9 Å². The molecular weight excluding hydrogens is 266 g/mol. The van der Waals surface area contributed by atoms with E-state index in [1.54, 1.807) is 20.1 Å². The summed E-state index contributed by atoms with van der Waals surface area (Å²) >= 11 is 1.42. The van der Waals surface area contributed by atoms with Crippen molar-refractivity contribution < 1.29 is 14.3 Å². The number of ether oxygens (including phenoxy) is 2. The Morgan fingerprint density at radius 3 is 3.00 bits per heavy atom. The molecule has 0 spiro atoms. The fourth-order valence-electron chi connectivity index (χ4n) is 1.43. The first-order chi connectivity index (χ1) is 9.22. The third kappa shape index (κ3) is 3.47. The molecule has 0 atom stereocenters. The van der Waals surface area contributed by atoms with Gasteiger partial charge in [0.1, 0.15) is 17.0 Å². The second kappa shape index (κ2) is 6.24. The third-order valence-electron chi connectivity index (χ3n) is 2.25. The van der Waals surface area contributed by atoms with Gasteiger partial charge in [-0.25, -0.2) is 15.0 Å². The maximum atomic E-state index is 11.4. The number of hydrogen-bond acceptors (Lipinski definition) is 7. The molecule has 6 nitrogen and oxygen atoms in total. The van der Waals surface area contributed by atoms with E-state index in [2.05, 4.69) is 15.0 Å². The summed E-state index contributed by atoms with van der Waals surface area (Å²) in [6, 6.07) is 1.70. The predicted octanol–water partition coefficient (Wildman–Crippen LogP) is 1.71. The van der Waals surface area contributed by atoms with Gasteiger partial charge >= 0.3 is 5.97 Å². The molecule has 0 radical (unpaired) electrons. The number of esters is 1. The highest BCUT2D eigenvalue weighted by Crippen LogP contribution is 2.23. The average molecular weight is 279 g/mol. The molecule has 2 aromatic rings. The van der Waals surface area contributed by atoms with Crippen molar-refractivity contribution >= 4 is 17.3 Å². The molecule has 7 heteroatoms. The van der Waals surface area contributed by atoms with Gasteiger partial charge in [0.05, 0.1) is 25.8 Å². The lowest BCUT2D eigenvalue weighted by atomic mass is 10.3. The van der Waals surface area contributed by atoms with Crippen molar-refractivity contribution in [1.29, 1.82) is 0 Å². The molecule has 0 bridgehead atoms. The Morgan fingerprint density at radius 1 is 1.42 bits per heavy atom. The van der Waals surface area contributed by atoms with E-state index >= 15 is 0 Å². The minimum atomic E-state index is -0.278. The highest BCUT2D eigenvalue weighted by molar-refractivity contribution is 7.13. The van der Waals surface area contributed by atoms with Gasteiger partial charge in [0, 0.05) is 11.4 Å². The summed E-state index contributed by atoms with van der Waals surface area (Å²) in [5.41, 5.74) is 1.35. The summed E-state index contributed by atoms with van der Waals surface area (Å²) in [5.74, 6) is 0.201. The highest BCUT2D eigenvalue weighted by atomic mass is 32.1. The number of hydrogen-bond donors (Lipinski definition) is 0. The number of methoxy groups -OCH3 is 1. The quantitative estimate of drug-likeness (QED) is 0.776. The van der Waals surface area contributed by atoms with Crippen LogP contribution in [0.1, 0.15) is 12.6 Å². The van der Waals surface area contributed by atoms with Crippen molar-refractivity contribution in [2.45, 2.75) is 13.3 Å². The summed E-state index contributed by atoms with van der Waals surface area (Å²) in [7, 11) is 1.54. The third-order valence-corrected chi connectivity index (χ3v) is 3.17. The van der Waals surface area contributed by atoms with Gasteiger partial charge in [0.15, 0.2) is 0 Å². The summed E-state index contributed by atoms with van der Waals surface area (Å²) in [5, 5.41) is 2.54. The largest absolute Gasteiger partial charge is 0.481 e. The second-order valence-electron chi connectivity index (χ2n) is 3.57. The molecule has 0 N–H and O–H groups in total. The topological polar surface area (TPSA) is 74.2 Å². The Kier molecular flexibility index (Phi) is 4.40. The molecule has 0 aliphatic carbocycles. The van der Waals surface area contributed by atoms with Crippen molar-refractivity contribution in [2.24, 2.45) is 0 Å². The molecule has 100 valence electrons. The van der Waals surface area contributed by atoms with Crippen molar-refractivity contribution in [3.8, 4) is 16.6 Å². The second-order valence-corrected chi connectivity index (χ2v) is 4.43. The van der Waals surface area contributed by atoms with Gasteiger partial charge in [-0.2, -0.15) is 0 Å². The van der Waals surface area contributed by atoms with E-state index < -0.39 is 0 Å². The molecule has 0 saturated heterocycles. The zero-order chi connectivity index (χ0) is 13.7. The SMILES string of the molecule is CCOC(=O)Cc1csc(-c2cc(OC)ncn2)n1. The van der Waals surface area contributed by atoms with Crippen LogP contribution in [-0.4, -0.2) is 34.6 Å². The van der Waals surface area contributed by atoms with E-state index in [1.165, 1.54) is 17.7 Å². The lowest BCUT2D eigenvalue weighted by Crippen LogP contribution is -2.07. The molecule has 19 heavy (non-hydrogen) atoms. The van der Waals surface area contributed by atoms with E-state index in [0.717, 1.165) is 5.01 Å². The number of aromatic nitrogens is 3. The van der Waals surface area contributed by atoms with Gasteiger partial charge in [-0.05, 0) is 6.92 Å². The van der Waals surface area contributed by atoms with Gasteiger partial charge < -0.3 is 9.47 Å². The van der Waals surface area contributed by atoms with E-state index in [4.69, 9.17) is 9.47 Å². The van der Waals surface area contributed by atoms with Crippen LogP contribution in [0.25, 0.3) is 10.7 Å². The molecule has 0 amide bonds. The number of carbonyl (C=O) groups is 1. The molecule has 0 aliphatic heterocycles. The summed E-state index contributed by atoms with van der Waals surface area (Å²) in [6.07, 6.45) is 1.59. The zero-order valence-electron chi connectivity index (χ0n) is 10.6. The van der Waals surface area contributed by atoms with Crippen molar-refractivity contribution in [3.05, 3.63) is 23.5 Å². The lowest BCUT2D eigenvalue weighted by Gasteiger charge is -1.99. The average Bonchev–Trinajstić information content (AvgIpc) is 2.87. The monoisotopic (exact) mass is 279 g/mol. The standard InChI is InChI=1S/C12H13N3O3S/c1-3-18-11(16)4-8-6-19-12(15-8)9-5-10(17-2)14-7-13-9/h5-7H,3-4H2,1-2H3. The first-order valence-corrected chi connectivity index (χ1v) is 6.57. The number of carbonyl (C=O) groups excluding carboxylic acids is 1. The Bertz CT molecular complexity index is 571. The van der Waals surface area contributed by atoms with Crippen LogP contribution in [0.5, 0.6) is 5.88 Å². The van der Waals surface area contributed by atoms with Crippen molar-refractivity contribution in [1.82, 2.24) is 15.0 Å². The van der Waals surface area contributed by atoms with Crippen LogP contribution in [0, 0.1) is 0 Å². The molecule has 0 aromatic carbocycles. The molecule has 2 aromatic heterocycles. The zero-order valence-corrected chi connectivity index (χ0v) is 11.4. The molecule has 2 heterocycles. The first-order valence-electron chi connectivity index (χ1n) is 5.69. The van der Waals surface area contributed by atoms with Gasteiger partial charge in [0.25, 0.3) is 0 Å². The minimum absolute atomic E-state index is 0.173. The van der Waals surface area contributed by atoms with Crippen LogP contribution in [-0.2, 0) is 16.0 Å². The van der Waals surface area contributed by atoms with E-state index in [1.807, 2.05) is 5.38 Å². The highest BCUT2D eigenvalue weighted by Gasteiger charge is 2.11. The Labute approximate surface area is 114 Å². The van der Waals surface area contributed by atoms with Gasteiger partial charge in [-0.1, -0.05) is 0 Å². The number of nitrogens with zero attached hydrogens (tertiary/aromatic N) is 3. The van der Waals surface area contributed by atoms with Crippen LogP contribution in [0.15, 0.2) is 17.8 Å². The maximum absolute atomic E-state index is 11.4. The Balaban J connectivity index is 2.13. The van der Waals surface area contributed by atoms with Crippen molar-refractivity contribution in [3.63, 3.8) is 0 Å². The van der Waals surface area contributed by atoms with E-state index in [-0.39, 0.29) is 12.4 Å². The minimum Gasteiger partial charge on any atom is -0.481 e. The predicted molar refractivity (Wildman–Crippen MR) is 70.0 cm³/mol. The van der Waals surface area contributed by atoms with Gasteiger partial charge in [-0.3, -0.25) is 4.79 Å². The Hall–Kier alpha value is -2.02. The van der Waals surface area contributed by atoms with Crippen LogP contribution in [0.2, 0.25) is 0 Å². The van der Waals surface area contributed by atoms with Crippen LogP contribution in [0.3, 0.4) is 0 Å². The molecule has 0 saturated carbocycles. The summed E-state index contributed by atoms with van der Waals surface area (Å²) in [4.78, 5) is 23.8. The molecule has 2 rings (SSSR count). The van der Waals surface area contributed by atoms with Gasteiger partial charge in [0.2, 0.25) is 5.88 Å². The number of thiazole rings is 1. The summed E-state index contributed by atoms with van der Waals surface area (Å²) < 4.78 is 9.91. The number of rotatable bonds is 5. The Morgan fingerprint density at radius 2 is 2.26 bits per heavy atom. The van der Waals surface area contributed by atoms with Gasteiger partial charge in [-0.15, -0.1) is 11.3 Å². The fraction of sp³-hybridized carbons (Fsp3) is 0.333. The first kappa shape index (κ1) is 13.4. The lowest BCUT2D eigenvalue weighted by molar-refractivity contribution is -0.142. The molecular formula is C12H13N3O3S. The maximum Gasteiger partial charge on any atom is 0.311 e. The fourth-order valence-corrected chi connectivity index (χ4v) is 2.22. The van der Waals surface area contributed by atoms with Crippen molar-refractivity contribution in [2.75, 3.05) is 13.7 Å². The van der Waals surface area contributed by atoms with Crippen LogP contribution < -0.4 is 4.74 Å². The summed E-state index contributed by atoms with van der Waals surface area (Å²) in [6.45, 7) is 2.15.